The lowest BCUT2D eigenvalue weighted by Crippen LogP contribution is -2.34. The van der Waals surface area contributed by atoms with Gasteiger partial charge in [0.15, 0.2) is 0 Å². The fourth-order valence-corrected chi connectivity index (χ4v) is 2.21. The van der Waals surface area contributed by atoms with Gasteiger partial charge in [0, 0.05) is 23.7 Å². The van der Waals surface area contributed by atoms with Gasteiger partial charge in [0.2, 0.25) is 0 Å². The number of nitrogens with one attached hydrogen (secondary N) is 1. The Balaban J connectivity index is 2.69. The van der Waals surface area contributed by atoms with Gasteiger partial charge >= 0.3 is 0 Å². The monoisotopic (exact) mass is 280 g/mol. The Morgan fingerprint density at radius 1 is 1.30 bits per heavy atom. The van der Waals surface area contributed by atoms with E-state index < -0.39 is 0 Å². The van der Waals surface area contributed by atoms with Crippen molar-refractivity contribution in [2.45, 2.75) is 79.6 Å². The van der Waals surface area contributed by atoms with Gasteiger partial charge in [-0.1, -0.05) is 6.92 Å². The minimum Gasteiger partial charge on any atom is -0.465 e. The maximum absolute atomic E-state index is 5.88. The van der Waals surface area contributed by atoms with Crippen molar-refractivity contribution in [3.63, 3.8) is 0 Å². The number of hydrogen-bond donors (Lipinski definition) is 1. The molecule has 1 aromatic rings. The van der Waals surface area contributed by atoms with Crippen LogP contribution in [-0.2, 0) is 13.1 Å². The van der Waals surface area contributed by atoms with Crippen LogP contribution >= 0.6 is 0 Å². The molecule has 20 heavy (non-hydrogen) atoms. The molecule has 116 valence electrons. The second-order valence-corrected chi connectivity index (χ2v) is 6.96. The molecule has 0 spiro atoms. The predicted octanol–water partition coefficient (Wildman–Crippen LogP) is 4.10. The molecule has 0 fully saturated rings. The average Bonchev–Trinajstić information content (AvgIpc) is 2.66. The Kier molecular flexibility index (Phi) is 6.28. The van der Waals surface area contributed by atoms with E-state index in [1.165, 1.54) is 12.0 Å². The van der Waals surface area contributed by atoms with E-state index >= 15 is 0 Å². The minimum atomic E-state index is 0.118. The fraction of sp³-hybridized carbons (Fsp3) is 0.765. The third-order valence-corrected chi connectivity index (χ3v) is 3.48. The molecule has 3 nitrogen and oxygen atoms in total. The first-order valence-electron chi connectivity index (χ1n) is 7.80. The predicted molar refractivity (Wildman–Crippen MR) is 85.9 cm³/mol. The molecule has 1 aromatic heterocycles. The Morgan fingerprint density at radius 2 is 1.95 bits per heavy atom. The Hall–Kier alpha value is -0.800. The van der Waals surface area contributed by atoms with E-state index in [0.29, 0.717) is 6.04 Å². The van der Waals surface area contributed by atoms with Gasteiger partial charge in [0.25, 0.3) is 0 Å². The van der Waals surface area contributed by atoms with E-state index in [2.05, 4.69) is 64.7 Å². The molecule has 0 saturated heterocycles. The van der Waals surface area contributed by atoms with Crippen LogP contribution in [0.4, 0.5) is 0 Å². The molecule has 1 N–H and O–H groups in total. The average molecular weight is 280 g/mol. The van der Waals surface area contributed by atoms with E-state index in [9.17, 15) is 0 Å². The van der Waals surface area contributed by atoms with Crippen LogP contribution in [0.3, 0.4) is 0 Å². The van der Waals surface area contributed by atoms with Gasteiger partial charge in [-0.15, -0.1) is 0 Å². The van der Waals surface area contributed by atoms with E-state index in [-0.39, 0.29) is 5.54 Å². The van der Waals surface area contributed by atoms with Gasteiger partial charge < -0.3 is 9.73 Å². The summed E-state index contributed by atoms with van der Waals surface area (Å²) in [5.41, 5.74) is 1.44. The molecule has 0 amide bonds. The quantitative estimate of drug-likeness (QED) is 0.815. The zero-order valence-corrected chi connectivity index (χ0v) is 14.3. The first kappa shape index (κ1) is 17.3. The lowest BCUT2D eigenvalue weighted by atomic mass is 10.1. The van der Waals surface area contributed by atoms with Gasteiger partial charge in [-0.3, -0.25) is 4.90 Å². The summed E-state index contributed by atoms with van der Waals surface area (Å²) in [7, 11) is 0. The highest BCUT2D eigenvalue weighted by Crippen LogP contribution is 2.18. The first-order chi connectivity index (χ1) is 9.23. The summed E-state index contributed by atoms with van der Waals surface area (Å²) in [4.78, 5) is 2.50. The van der Waals surface area contributed by atoms with E-state index in [0.717, 1.165) is 31.2 Å². The summed E-state index contributed by atoms with van der Waals surface area (Å²) in [5, 5.41) is 3.47. The van der Waals surface area contributed by atoms with Crippen LogP contribution in [-0.4, -0.2) is 23.0 Å². The summed E-state index contributed by atoms with van der Waals surface area (Å²) in [6, 6.07) is 2.78. The molecule has 0 unspecified atom stereocenters. The fourth-order valence-electron chi connectivity index (χ4n) is 2.21. The van der Waals surface area contributed by atoms with E-state index in [1.54, 1.807) is 0 Å². The van der Waals surface area contributed by atoms with Gasteiger partial charge in [0.1, 0.15) is 11.5 Å². The van der Waals surface area contributed by atoms with E-state index in [1.807, 2.05) is 0 Å². The summed E-state index contributed by atoms with van der Waals surface area (Å²) < 4.78 is 5.88. The SMILES string of the molecule is CCCN(Cc1cc(CNC(C)(C)C)oc1C)C(C)C. The molecule has 0 aliphatic rings. The van der Waals surface area contributed by atoms with Gasteiger partial charge in [-0.05, 0) is 60.6 Å². The van der Waals surface area contributed by atoms with E-state index in [4.69, 9.17) is 4.42 Å². The second kappa shape index (κ2) is 7.28. The molecule has 0 aromatic carbocycles. The molecule has 0 atom stereocenters. The van der Waals surface area contributed by atoms with Gasteiger partial charge in [-0.2, -0.15) is 0 Å². The normalized spacial score (nSPS) is 12.7. The highest BCUT2D eigenvalue weighted by atomic mass is 16.3. The summed E-state index contributed by atoms with van der Waals surface area (Å²) >= 11 is 0. The molecule has 0 radical (unpaired) electrons. The van der Waals surface area contributed by atoms with Crippen molar-refractivity contribution in [3.05, 3.63) is 23.2 Å². The molecule has 3 heteroatoms. The molecular weight excluding hydrogens is 248 g/mol. The van der Waals surface area contributed by atoms with Crippen molar-refractivity contribution < 1.29 is 4.42 Å². The molecule has 0 aliphatic heterocycles. The Morgan fingerprint density at radius 3 is 2.45 bits per heavy atom. The van der Waals surface area contributed by atoms with Crippen LogP contribution in [0.2, 0.25) is 0 Å². The minimum absolute atomic E-state index is 0.118. The van der Waals surface area contributed by atoms with Gasteiger partial charge in [-0.25, -0.2) is 0 Å². The zero-order chi connectivity index (χ0) is 15.3. The summed E-state index contributed by atoms with van der Waals surface area (Å²) in [6.45, 7) is 18.2. The van der Waals surface area contributed by atoms with Crippen molar-refractivity contribution in [3.8, 4) is 0 Å². The largest absolute Gasteiger partial charge is 0.465 e. The lowest BCUT2D eigenvalue weighted by Gasteiger charge is -2.25. The topological polar surface area (TPSA) is 28.4 Å². The highest BCUT2D eigenvalue weighted by molar-refractivity contribution is 5.21. The number of furan rings is 1. The third kappa shape index (κ3) is 5.68. The maximum atomic E-state index is 5.88. The third-order valence-electron chi connectivity index (χ3n) is 3.48. The van der Waals surface area contributed by atoms with Crippen molar-refractivity contribution in [2.75, 3.05) is 6.54 Å². The number of aryl methyl sites for hydroxylation is 1. The van der Waals surface area contributed by atoms with Crippen LogP contribution in [0.5, 0.6) is 0 Å². The molecule has 1 rings (SSSR count). The Bertz CT molecular complexity index is 402. The molecule has 0 aliphatic carbocycles. The molecular formula is C17H32N2O. The molecule has 0 bridgehead atoms. The standard InChI is InChI=1S/C17H32N2O/c1-8-9-19(13(2)3)12-15-10-16(20-14(15)4)11-18-17(5,6)7/h10,13,18H,8-9,11-12H2,1-7H3. The molecule has 0 saturated carbocycles. The first-order valence-corrected chi connectivity index (χ1v) is 7.80. The van der Waals surface area contributed by atoms with Crippen molar-refractivity contribution >= 4 is 0 Å². The maximum Gasteiger partial charge on any atom is 0.118 e. The van der Waals surface area contributed by atoms with Crippen LogP contribution in [0.25, 0.3) is 0 Å². The Labute approximate surface area is 124 Å². The lowest BCUT2D eigenvalue weighted by molar-refractivity contribution is 0.212. The van der Waals surface area contributed by atoms with Crippen LogP contribution < -0.4 is 5.32 Å². The van der Waals surface area contributed by atoms with Crippen LogP contribution in [0.1, 0.15) is 65.0 Å². The number of rotatable bonds is 7. The number of nitrogens with zero attached hydrogens (tertiary/aromatic N) is 1. The highest BCUT2D eigenvalue weighted by Gasteiger charge is 2.15. The molecule has 1 heterocycles. The summed E-state index contributed by atoms with van der Waals surface area (Å²) in [5.74, 6) is 2.09. The van der Waals surface area contributed by atoms with Crippen LogP contribution in [0, 0.1) is 6.92 Å². The smallest absolute Gasteiger partial charge is 0.118 e. The van der Waals surface area contributed by atoms with Crippen molar-refractivity contribution in [1.82, 2.24) is 10.2 Å². The van der Waals surface area contributed by atoms with Crippen molar-refractivity contribution in [1.29, 1.82) is 0 Å². The zero-order valence-electron chi connectivity index (χ0n) is 14.3. The van der Waals surface area contributed by atoms with Crippen molar-refractivity contribution in [2.24, 2.45) is 0 Å². The second-order valence-electron chi connectivity index (χ2n) is 6.96. The number of hydrogen-bond acceptors (Lipinski definition) is 3. The van der Waals surface area contributed by atoms with Crippen LogP contribution in [0.15, 0.2) is 10.5 Å². The summed E-state index contributed by atoms with van der Waals surface area (Å²) in [6.07, 6.45) is 1.19. The van der Waals surface area contributed by atoms with Gasteiger partial charge in [0.05, 0.1) is 6.54 Å².